The number of nitrogens with one attached hydrogen (secondary N) is 1. The number of hydrogen-bond donors (Lipinski definition) is 2. The molecule has 0 bridgehead atoms. The summed E-state index contributed by atoms with van der Waals surface area (Å²) in [7, 11) is -6.43. The molecule has 136 valence electrons. The first-order valence-corrected chi connectivity index (χ1v) is 10.0. The first-order valence-electron chi connectivity index (χ1n) is 6.95. The van der Waals surface area contributed by atoms with E-state index in [2.05, 4.69) is 4.72 Å². The first-order chi connectivity index (χ1) is 11.0. The predicted octanol–water partition coefficient (Wildman–Crippen LogP) is 0.230. The molecular formula is C13H19FN2O6S2. The molecule has 0 aliphatic rings. The Morgan fingerprint density at radius 1 is 1.21 bits per heavy atom. The maximum atomic E-state index is 12.8. The summed E-state index contributed by atoms with van der Waals surface area (Å²) in [5, 5.41) is 8.46. The van der Waals surface area contributed by atoms with Gasteiger partial charge in [0, 0.05) is 26.6 Å². The van der Waals surface area contributed by atoms with E-state index in [9.17, 15) is 26.0 Å². The van der Waals surface area contributed by atoms with Gasteiger partial charge in [-0.05, 0) is 30.7 Å². The largest absolute Gasteiger partial charge is 0.481 e. The second kappa shape index (κ2) is 8.51. The van der Waals surface area contributed by atoms with Crippen LogP contribution in [-0.4, -0.2) is 58.1 Å². The Morgan fingerprint density at radius 2 is 1.79 bits per heavy atom. The van der Waals surface area contributed by atoms with Crippen LogP contribution in [0.15, 0.2) is 29.2 Å². The van der Waals surface area contributed by atoms with Crippen LogP contribution in [0, 0.1) is 5.82 Å². The lowest BCUT2D eigenvalue weighted by atomic mass is 10.3. The summed E-state index contributed by atoms with van der Waals surface area (Å²) in [5.74, 6) is -2.08. The van der Waals surface area contributed by atoms with Crippen LogP contribution < -0.4 is 4.72 Å². The highest BCUT2D eigenvalue weighted by atomic mass is 32.2. The smallest absolute Gasteiger partial charge is 0.303 e. The highest BCUT2D eigenvalue weighted by Gasteiger charge is 2.22. The van der Waals surface area contributed by atoms with Crippen LogP contribution >= 0.6 is 0 Å². The zero-order valence-electron chi connectivity index (χ0n) is 13.0. The van der Waals surface area contributed by atoms with E-state index < -0.39 is 37.6 Å². The van der Waals surface area contributed by atoms with Crippen LogP contribution in [0.1, 0.15) is 12.8 Å². The molecule has 0 fully saturated rings. The van der Waals surface area contributed by atoms with E-state index in [1.54, 1.807) is 0 Å². The van der Waals surface area contributed by atoms with Crippen LogP contribution in [-0.2, 0) is 24.8 Å². The first kappa shape index (κ1) is 20.5. The number of rotatable bonds is 10. The average molecular weight is 382 g/mol. The van der Waals surface area contributed by atoms with E-state index in [1.807, 2.05) is 0 Å². The van der Waals surface area contributed by atoms with Crippen molar-refractivity contribution in [3.05, 3.63) is 30.1 Å². The summed E-state index contributed by atoms with van der Waals surface area (Å²) in [6.45, 7) is -0.336. The van der Waals surface area contributed by atoms with E-state index in [0.717, 1.165) is 28.6 Å². The fourth-order valence-corrected chi connectivity index (χ4v) is 4.10. The van der Waals surface area contributed by atoms with E-state index in [-0.39, 0.29) is 30.8 Å². The number of nitrogens with zero attached hydrogens (tertiary/aromatic N) is 1. The molecule has 0 aromatic heterocycles. The van der Waals surface area contributed by atoms with Crippen LogP contribution in [0.5, 0.6) is 0 Å². The van der Waals surface area contributed by atoms with Crippen molar-refractivity contribution in [2.45, 2.75) is 17.7 Å². The normalized spacial score (nSPS) is 12.5. The van der Waals surface area contributed by atoms with Crippen molar-refractivity contribution in [3.8, 4) is 0 Å². The molecule has 0 saturated carbocycles. The minimum Gasteiger partial charge on any atom is -0.481 e. The van der Waals surface area contributed by atoms with Gasteiger partial charge in [-0.15, -0.1) is 0 Å². The van der Waals surface area contributed by atoms with Gasteiger partial charge in [0.25, 0.3) is 0 Å². The Hall–Kier alpha value is -1.56. The Balaban J connectivity index is 2.59. The standard InChI is InChI=1S/C13H19FN2O6S2/c1-16(24(21,22)12-6-4-11(14)5-7-12)9-10-23(19,20)15-8-2-3-13(17)18/h4-7,15H,2-3,8-10H2,1H3,(H,17,18). The minimum atomic E-state index is -3.92. The molecule has 2 N–H and O–H groups in total. The number of benzene rings is 1. The van der Waals surface area contributed by atoms with Gasteiger partial charge >= 0.3 is 5.97 Å². The van der Waals surface area contributed by atoms with Crippen molar-refractivity contribution in [2.24, 2.45) is 0 Å². The maximum Gasteiger partial charge on any atom is 0.303 e. The Kier molecular flexibility index (Phi) is 7.27. The molecule has 0 amide bonds. The lowest BCUT2D eigenvalue weighted by Gasteiger charge is -2.17. The molecule has 11 heteroatoms. The molecule has 0 aliphatic heterocycles. The van der Waals surface area contributed by atoms with Crippen molar-refractivity contribution in [2.75, 3.05) is 25.9 Å². The average Bonchev–Trinajstić information content (AvgIpc) is 2.49. The molecule has 0 atom stereocenters. The molecule has 0 spiro atoms. The summed E-state index contributed by atoms with van der Waals surface area (Å²) in [5.41, 5.74) is 0. The zero-order valence-corrected chi connectivity index (χ0v) is 14.6. The van der Waals surface area contributed by atoms with E-state index in [1.165, 1.54) is 7.05 Å². The van der Waals surface area contributed by atoms with E-state index in [4.69, 9.17) is 5.11 Å². The third kappa shape index (κ3) is 6.51. The molecule has 24 heavy (non-hydrogen) atoms. The van der Waals surface area contributed by atoms with Gasteiger partial charge in [-0.3, -0.25) is 4.79 Å². The van der Waals surface area contributed by atoms with Crippen molar-refractivity contribution in [1.29, 1.82) is 0 Å². The van der Waals surface area contributed by atoms with E-state index >= 15 is 0 Å². The highest BCUT2D eigenvalue weighted by molar-refractivity contribution is 7.90. The molecule has 8 nitrogen and oxygen atoms in total. The van der Waals surface area contributed by atoms with Crippen molar-refractivity contribution in [3.63, 3.8) is 0 Å². The Morgan fingerprint density at radius 3 is 2.33 bits per heavy atom. The number of carboxylic acids is 1. The van der Waals surface area contributed by atoms with Gasteiger partial charge < -0.3 is 5.11 Å². The summed E-state index contributed by atoms with van der Waals surface area (Å²) in [6.07, 6.45) is -0.0281. The van der Waals surface area contributed by atoms with Crippen molar-refractivity contribution in [1.82, 2.24) is 9.03 Å². The van der Waals surface area contributed by atoms with Crippen LogP contribution in [0.25, 0.3) is 0 Å². The number of hydrogen-bond acceptors (Lipinski definition) is 5. The molecule has 0 aliphatic carbocycles. The van der Waals surface area contributed by atoms with Gasteiger partial charge in [-0.2, -0.15) is 4.31 Å². The minimum absolute atomic E-state index is 0.0386. The molecule has 0 saturated heterocycles. The highest BCUT2D eigenvalue weighted by Crippen LogP contribution is 2.14. The summed E-state index contributed by atoms with van der Waals surface area (Å²) >= 11 is 0. The third-order valence-corrected chi connectivity index (χ3v) is 6.32. The number of sulfonamides is 2. The molecule has 0 radical (unpaired) electrons. The summed E-state index contributed by atoms with van der Waals surface area (Å²) in [6, 6.07) is 4.20. The molecule has 1 rings (SSSR count). The Labute approximate surface area is 140 Å². The fraction of sp³-hybridized carbons (Fsp3) is 0.462. The topological polar surface area (TPSA) is 121 Å². The SMILES string of the molecule is CN(CCS(=O)(=O)NCCCC(=O)O)S(=O)(=O)c1ccc(F)cc1. The van der Waals surface area contributed by atoms with Crippen molar-refractivity contribution < 1.29 is 31.1 Å². The lowest BCUT2D eigenvalue weighted by Crippen LogP contribution is -2.36. The molecule has 0 heterocycles. The number of carboxylic acid groups (broad SMARTS) is 1. The van der Waals surface area contributed by atoms with E-state index in [0.29, 0.717) is 0 Å². The van der Waals surface area contributed by atoms with Crippen LogP contribution in [0.2, 0.25) is 0 Å². The number of halogens is 1. The zero-order chi connectivity index (χ0) is 18.4. The van der Waals surface area contributed by atoms with Gasteiger partial charge in [0.2, 0.25) is 20.0 Å². The fourth-order valence-electron chi connectivity index (χ4n) is 1.69. The molecule has 1 aromatic rings. The summed E-state index contributed by atoms with van der Waals surface area (Å²) in [4.78, 5) is 10.2. The van der Waals surface area contributed by atoms with Crippen molar-refractivity contribution >= 4 is 26.0 Å². The maximum absolute atomic E-state index is 12.8. The van der Waals surface area contributed by atoms with Gasteiger partial charge in [0.1, 0.15) is 5.82 Å². The van der Waals surface area contributed by atoms with Gasteiger partial charge in [-0.25, -0.2) is 25.9 Å². The monoisotopic (exact) mass is 382 g/mol. The second-order valence-corrected chi connectivity index (χ2v) is 8.96. The summed E-state index contributed by atoms with van der Waals surface area (Å²) < 4.78 is 63.9. The number of carbonyl (C=O) groups is 1. The van der Waals surface area contributed by atoms with Gasteiger partial charge in [0.05, 0.1) is 10.6 Å². The van der Waals surface area contributed by atoms with Crippen LogP contribution in [0.4, 0.5) is 4.39 Å². The quantitative estimate of drug-likeness (QED) is 0.559. The van der Waals surface area contributed by atoms with Gasteiger partial charge in [0.15, 0.2) is 0 Å². The number of aliphatic carboxylic acids is 1. The second-order valence-electron chi connectivity index (χ2n) is 4.99. The molecule has 0 unspecified atom stereocenters. The Bertz CT molecular complexity index is 762. The van der Waals surface area contributed by atoms with Gasteiger partial charge in [-0.1, -0.05) is 0 Å². The van der Waals surface area contributed by atoms with Crippen LogP contribution in [0.3, 0.4) is 0 Å². The lowest BCUT2D eigenvalue weighted by molar-refractivity contribution is -0.137. The third-order valence-electron chi connectivity index (χ3n) is 3.09. The molecular weight excluding hydrogens is 363 g/mol. The molecule has 1 aromatic carbocycles. The predicted molar refractivity (Wildman–Crippen MR) is 84.9 cm³/mol.